The van der Waals surface area contributed by atoms with Crippen molar-refractivity contribution in [3.8, 4) is 11.3 Å². The number of aryl methyl sites for hydroxylation is 2. The van der Waals surface area contributed by atoms with E-state index in [-0.39, 0.29) is 29.2 Å². The number of hydrogen-bond acceptors (Lipinski definition) is 6. The van der Waals surface area contributed by atoms with Gasteiger partial charge in [0.2, 0.25) is 0 Å². The number of fused-ring (bicyclic) bond motifs is 1. The van der Waals surface area contributed by atoms with Crippen LogP contribution in [-0.4, -0.2) is 20.5 Å². The number of ether oxygens (including phenoxy) is 1. The molecule has 3 heterocycles. The third kappa shape index (κ3) is 3.69. The SMILES string of the molecule is Cc1ccc2nc(COC(=O)c3c(-c4c(Cl)cccc4Cl)noc3C)cc(=O)n2c1. The summed E-state index contributed by atoms with van der Waals surface area (Å²) in [6, 6.07) is 9.85. The first-order valence-electron chi connectivity index (χ1n) is 8.92. The van der Waals surface area contributed by atoms with E-state index >= 15 is 0 Å². The highest BCUT2D eigenvalue weighted by Crippen LogP contribution is 2.37. The van der Waals surface area contributed by atoms with Crippen molar-refractivity contribution in [3.63, 3.8) is 0 Å². The molecule has 152 valence electrons. The Morgan fingerprint density at radius 3 is 2.63 bits per heavy atom. The number of halogens is 2. The molecule has 0 saturated heterocycles. The van der Waals surface area contributed by atoms with Crippen molar-refractivity contribution in [2.45, 2.75) is 20.5 Å². The lowest BCUT2D eigenvalue weighted by Crippen LogP contribution is -2.17. The van der Waals surface area contributed by atoms with Crippen LogP contribution in [0.3, 0.4) is 0 Å². The van der Waals surface area contributed by atoms with Gasteiger partial charge in [0.05, 0.1) is 15.7 Å². The van der Waals surface area contributed by atoms with E-state index < -0.39 is 5.97 Å². The fourth-order valence-electron chi connectivity index (χ4n) is 3.05. The Balaban J connectivity index is 1.63. The predicted octanol–water partition coefficient (Wildman–Crippen LogP) is 4.63. The van der Waals surface area contributed by atoms with Crippen LogP contribution in [-0.2, 0) is 11.3 Å². The Hall–Kier alpha value is -3.16. The van der Waals surface area contributed by atoms with E-state index in [0.29, 0.717) is 26.9 Å². The number of carbonyl (C=O) groups is 1. The summed E-state index contributed by atoms with van der Waals surface area (Å²) in [5.41, 5.74) is 2.13. The largest absolute Gasteiger partial charge is 0.455 e. The number of aromatic nitrogens is 3. The minimum Gasteiger partial charge on any atom is -0.455 e. The molecule has 0 unspecified atom stereocenters. The molecule has 4 rings (SSSR count). The maximum absolute atomic E-state index is 12.8. The lowest BCUT2D eigenvalue weighted by Gasteiger charge is -2.08. The average molecular weight is 444 g/mol. The molecule has 0 saturated carbocycles. The lowest BCUT2D eigenvalue weighted by atomic mass is 10.1. The van der Waals surface area contributed by atoms with Crippen LogP contribution in [0.4, 0.5) is 0 Å². The lowest BCUT2D eigenvalue weighted by molar-refractivity contribution is 0.0466. The van der Waals surface area contributed by atoms with Crippen LogP contribution in [0.5, 0.6) is 0 Å². The first-order valence-corrected chi connectivity index (χ1v) is 9.67. The monoisotopic (exact) mass is 443 g/mol. The Morgan fingerprint density at radius 1 is 1.17 bits per heavy atom. The van der Waals surface area contributed by atoms with E-state index in [1.165, 1.54) is 10.5 Å². The minimum atomic E-state index is -0.689. The van der Waals surface area contributed by atoms with E-state index in [9.17, 15) is 9.59 Å². The van der Waals surface area contributed by atoms with E-state index in [4.69, 9.17) is 32.5 Å². The van der Waals surface area contributed by atoms with Crippen molar-refractivity contribution in [3.05, 3.63) is 85.6 Å². The van der Waals surface area contributed by atoms with Gasteiger partial charge < -0.3 is 9.26 Å². The highest BCUT2D eigenvalue weighted by Gasteiger charge is 2.26. The summed E-state index contributed by atoms with van der Waals surface area (Å²) in [5, 5.41) is 4.58. The number of hydrogen-bond donors (Lipinski definition) is 0. The first kappa shape index (κ1) is 20.1. The van der Waals surface area contributed by atoms with Crippen LogP contribution in [0.1, 0.15) is 27.4 Å². The molecule has 30 heavy (non-hydrogen) atoms. The third-order valence-corrected chi connectivity index (χ3v) is 5.11. The molecule has 4 aromatic rings. The molecule has 0 spiro atoms. The summed E-state index contributed by atoms with van der Waals surface area (Å²) in [6.45, 7) is 3.27. The predicted molar refractivity (Wildman–Crippen MR) is 112 cm³/mol. The summed E-state index contributed by atoms with van der Waals surface area (Å²) in [5.74, 6) is -0.432. The van der Waals surface area contributed by atoms with Crippen LogP contribution < -0.4 is 5.56 Å². The van der Waals surface area contributed by atoms with Gasteiger partial charge in [0, 0.05) is 17.8 Å². The maximum atomic E-state index is 12.8. The van der Waals surface area contributed by atoms with Gasteiger partial charge in [0.25, 0.3) is 5.56 Å². The van der Waals surface area contributed by atoms with Gasteiger partial charge in [-0.15, -0.1) is 0 Å². The number of benzene rings is 1. The highest BCUT2D eigenvalue weighted by atomic mass is 35.5. The fraction of sp³-hybridized carbons (Fsp3) is 0.143. The topological polar surface area (TPSA) is 86.7 Å². The molecular weight excluding hydrogens is 429 g/mol. The normalized spacial score (nSPS) is 11.1. The summed E-state index contributed by atoms with van der Waals surface area (Å²) >= 11 is 12.5. The molecule has 0 radical (unpaired) electrons. The van der Waals surface area contributed by atoms with Gasteiger partial charge in [-0.1, -0.05) is 40.5 Å². The number of carbonyl (C=O) groups excluding carboxylic acids is 1. The number of rotatable bonds is 4. The Labute approximate surface area is 180 Å². The van der Waals surface area contributed by atoms with E-state index in [1.807, 2.05) is 13.0 Å². The Morgan fingerprint density at radius 2 is 1.90 bits per heavy atom. The summed E-state index contributed by atoms with van der Waals surface area (Å²) < 4.78 is 12.0. The van der Waals surface area contributed by atoms with Crippen LogP contribution in [0.25, 0.3) is 16.9 Å². The number of esters is 1. The molecule has 0 aliphatic rings. The van der Waals surface area contributed by atoms with Gasteiger partial charge in [-0.3, -0.25) is 9.20 Å². The van der Waals surface area contributed by atoms with Crippen molar-refractivity contribution in [1.82, 2.24) is 14.5 Å². The van der Waals surface area contributed by atoms with Gasteiger partial charge >= 0.3 is 5.97 Å². The molecule has 0 atom stereocenters. The van der Waals surface area contributed by atoms with E-state index in [2.05, 4.69) is 10.1 Å². The highest BCUT2D eigenvalue weighted by molar-refractivity contribution is 6.39. The van der Waals surface area contributed by atoms with Crippen molar-refractivity contribution in [2.24, 2.45) is 0 Å². The first-order chi connectivity index (χ1) is 14.3. The molecule has 0 bridgehead atoms. The van der Waals surface area contributed by atoms with Gasteiger partial charge in [0.1, 0.15) is 29.3 Å². The number of nitrogens with zero attached hydrogens (tertiary/aromatic N) is 3. The Kier molecular flexibility index (Phi) is 5.32. The number of pyridine rings is 1. The zero-order chi connectivity index (χ0) is 21.4. The van der Waals surface area contributed by atoms with Crippen LogP contribution in [0.15, 0.2) is 51.9 Å². The van der Waals surface area contributed by atoms with Gasteiger partial charge in [-0.05, 0) is 37.6 Å². The minimum absolute atomic E-state index is 0.109. The standard InChI is InChI=1S/C21H15Cl2N3O4/c1-11-6-7-16-24-13(8-17(27)26(16)9-11)10-29-21(28)18-12(2)30-25-20(18)19-14(22)4-3-5-15(19)23/h3-9H,10H2,1-2H3. The summed E-state index contributed by atoms with van der Waals surface area (Å²) in [6.07, 6.45) is 1.70. The fourth-order valence-corrected chi connectivity index (χ4v) is 3.63. The van der Waals surface area contributed by atoms with Crippen molar-refractivity contribution >= 4 is 34.8 Å². The van der Waals surface area contributed by atoms with Gasteiger partial charge in [-0.25, -0.2) is 9.78 Å². The Bertz CT molecular complexity index is 1320. The molecule has 3 aromatic heterocycles. The van der Waals surface area contributed by atoms with Gasteiger partial charge in [-0.2, -0.15) is 0 Å². The molecule has 7 nitrogen and oxygen atoms in total. The zero-order valence-corrected chi connectivity index (χ0v) is 17.5. The summed E-state index contributed by atoms with van der Waals surface area (Å²) in [4.78, 5) is 29.5. The zero-order valence-electron chi connectivity index (χ0n) is 16.0. The molecule has 9 heteroatoms. The van der Waals surface area contributed by atoms with Crippen LogP contribution in [0.2, 0.25) is 10.0 Å². The molecule has 0 aliphatic heterocycles. The smallest absolute Gasteiger partial charge is 0.344 e. The van der Waals surface area contributed by atoms with Crippen molar-refractivity contribution < 1.29 is 14.1 Å². The van der Waals surface area contributed by atoms with Crippen LogP contribution in [0, 0.1) is 13.8 Å². The second-order valence-electron chi connectivity index (χ2n) is 6.66. The van der Waals surface area contributed by atoms with Crippen molar-refractivity contribution in [1.29, 1.82) is 0 Å². The van der Waals surface area contributed by atoms with Crippen molar-refractivity contribution in [2.75, 3.05) is 0 Å². The third-order valence-electron chi connectivity index (χ3n) is 4.48. The molecule has 0 amide bonds. The average Bonchev–Trinajstić information content (AvgIpc) is 3.08. The van der Waals surface area contributed by atoms with Gasteiger partial charge in [0.15, 0.2) is 0 Å². The second kappa shape index (κ2) is 7.93. The van der Waals surface area contributed by atoms with Crippen LogP contribution >= 0.6 is 23.2 Å². The maximum Gasteiger partial charge on any atom is 0.344 e. The molecule has 0 fully saturated rings. The molecular formula is C21H15Cl2N3O4. The molecule has 0 N–H and O–H groups in total. The van der Waals surface area contributed by atoms with E-state index in [1.54, 1.807) is 37.4 Å². The molecule has 1 aromatic carbocycles. The second-order valence-corrected chi connectivity index (χ2v) is 7.47. The summed E-state index contributed by atoms with van der Waals surface area (Å²) in [7, 11) is 0. The quantitative estimate of drug-likeness (QED) is 0.427. The van der Waals surface area contributed by atoms with E-state index in [0.717, 1.165) is 5.56 Å². The molecule has 0 aliphatic carbocycles.